The predicted octanol–water partition coefficient (Wildman–Crippen LogP) is 12.9. The fraction of sp³-hybridized carbons (Fsp3) is 0.617. The van der Waals surface area contributed by atoms with Crippen LogP contribution in [0.15, 0.2) is 134 Å². The summed E-state index contributed by atoms with van der Waals surface area (Å²) >= 11 is 0. The first-order valence-corrected chi connectivity index (χ1v) is 26.9. The van der Waals surface area contributed by atoms with Gasteiger partial charge in [0, 0.05) is 6.42 Å². The third-order valence-corrected chi connectivity index (χ3v) is 11.7. The highest BCUT2D eigenvalue weighted by atomic mass is 16.7. The molecule has 7 atom stereocenters. The van der Waals surface area contributed by atoms with Crippen LogP contribution in [0.2, 0.25) is 0 Å². The van der Waals surface area contributed by atoms with Crippen molar-refractivity contribution in [2.45, 2.75) is 224 Å². The van der Waals surface area contributed by atoms with E-state index in [-0.39, 0.29) is 18.9 Å². The minimum Gasteiger partial charge on any atom is -0.394 e. The van der Waals surface area contributed by atoms with Gasteiger partial charge in [0.15, 0.2) is 6.29 Å². The number of hydrogen-bond donors (Lipinski definition) is 6. The molecule has 0 saturated carbocycles. The molecular formula is C60H97NO8. The summed E-state index contributed by atoms with van der Waals surface area (Å²) in [5.41, 5.74) is 0. The highest BCUT2D eigenvalue weighted by molar-refractivity contribution is 5.76. The molecule has 1 aliphatic heterocycles. The zero-order valence-electron chi connectivity index (χ0n) is 43.0. The molecule has 1 heterocycles. The molecule has 7 unspecified atom stereocenters. The Kier molecular flexibility index (Phi) is 44.0. The molecule has 0 aliphatic carbocycles. The van der Waals surface area contributed by atoms with Crippen LogP contribution < -0.4 is 5.32 Å². The molecule has 0 aromatic rings. The van der Waals surface area contributed by atoms with Gasteiger partial charge in [-0.15, -0.1) is 0 Å². The van der Waals surface area contributed by atoms with E-state index in [4.69, 9.17) is 9.47 Å². The number of nitrogens with one attached hydrogen (secondary N) is 1. The number of hydrogen-bond acceptors (Lipinski definition) is 8. The average molecular weight is 960 g/mol. The van der Waals surface area contributed by atoms with Crippen molar-refractivity contribution in [1.29, 1.82) is 0 Å². The van der Waals surface area contributed by atoms with E-state index in [9.17, 15) is 30.3 Å². The van der Waals surface area contributed by atoms with Crippen LogP contribution in [-0.2, 0) is 14.3 Å². The first-order chi connectivity index (χ1) is 33.8. The van der Waals surface area contributed by atoms with Gasteiger partial charge >= 0.3 is 0 Å². The molecular weight excluding hydrogens is 863 g/mol. The lowest BCUT2D eigenvalue weighted by molar-refractivity contribution is -0.302. The number of ether oxygens (including phenoxy) is 2. The number of rotatable bonds is 43. The Morgan fingerprint density at radius 1 is 0.507 bits per heavy atom. The smallest absolute Gasteiger partial charge is 0.220 e. The largest absolute Gasteiger partial charge is 0.394 e. The zero-order chi connectivity index (χ0) is 50.1. The molecule has 1 fully saturated rings. The minimum atomic E-state index is -1.58. The Morgan fingerprint density at radius 2 is 0.899 bits per heavy atom. The summed E-state index contributed by atoms with van der Waals surface area (Å²) in [4.78, 5) is 13.0. The fourth-order valence-corrected chi connectivity index (χ4v) is 7.48. The minimum absolute atomic E-state index is 0.215. The van der Waals surface area contributed by atoms with Gasteiger partial charge in [0.2, 0.25) is 5.91 Å². The zero-order valence-corrected chi connectivity index (χ0v) is 43.0. The van der Waals surface area contributed by atoms with E-state index in [1.165, 1.54) is 57.8 Å². The lowest BCUT2D eigenvalue weighted by Crippen LogP contribution is -2.60. The molecule has 1 saturated heterocycles. The molecule has 1 amide bonds. The van der Waals surface area contributed by atoms with E-state index in [1.54, 1.807) is 6.08 Å². The Hall–Kier alpha value is -3.67. The maximum atomic E-state index is 13.0. The van der Waals surface area contributed by atoms with Crippen LogP contribution in [0, 0.1) is 0 Å². The van der Waals surface area contributed by atoms with Crippen LogP contribution in [0.25, 0.3) is 0 Å². The van der Waals surface area contributed by atoms with Gasteiger partial charge in [-0.1, -0.05) is 212 Å². The standard InChI is InChI=1S/C60H97NO8/c1-3-5-7-9-11-13-15-17-18-19-20-21-22-23-24-25-26-27-28-29-30-31-32-33-34-35-36-38-40-42-44-46-48-50-56(64)61-53(52-68-60-59(67)58(66)57(65)55(51-62)69-60)54(63)49-47-45-43-41-39-37-16-14-12-10-8-6-4-2/h5,7,11,13,17-18,20-21,23-24,26-27,29-30,32-33,35-36,40,42,47,49,53-55,57-60,62-63,65-67H,3-4,6,8-10,12,14-16,19,22,25,28,31,34,37-39,41,43-46,48,50-52H2,1-2H3,(H,61,64)/b7-5-,13-11-,18-17-,21-20-,24-23-,27-26-,30-29-,33-32-,36-35-,42-40-,49-47+. The molecule has 390 valence electrons. The van der Waals surface area contributed by atoms with Crippen molar-refractivity contribution in [2.24, 2.45) is 0 Å². The van der Waals surface area contributed by atoms with E-state index in [0.717, 1.165) is 96.3 Å². The van der Waals surface area contributed by atoms with E-state index in [0.29, 0.717) is 6.42 Å². The summed E-state index contributed by atoms with van der Waals surface area (Å²) in [5.74, 6) is -0.226. The third-order valence-electron chi connectivity index (χ3n) is 11.7. The maximum absolute atomic E-state index is 13.0. The van der Waals surface area contributed by atoms with E-state index >= 15 is 0 Å². The second-order valence-electron chi connectivity index (χ2n) is 17.9. The van der Waals surface area contributed by atoms with Crippen molar-refractivity contribution in [3.8, 4) is 0 Å². The SMILES string of the molecule is CC/C=C\C/C=C\C/C=C\C/C=C\C/C=C\C/C=C\C/C=C\C/C=C\C/C=C\C/C=C\CCCCC(=O)NC(COC1OC(CO)C(O)C(O)C1O)C(O)/C=C/CCCCCCCCCCCCC. The molecule has 69 heavy (non-hydrogen) atoms. The average Bonchev–Trinajstić information content (AvgIpc) is 3.35. The Bertz CT molecular complexity index is 1530. The molecule has 6 N–H and O–H groups in total. The summed E-state index contributed by atoms with van der Waals surface area (Å²) in [5, 5.41) is 54.3. The lowest BCUT2D eigenvalue weighted by Gasteiger charge is -2.40. The molecule has 0 aromatic heterocycles. The summed E-state index contributed by atoms with van der Waals surface area (Å²) in [6, 6.07) is -0.838. The number of carbonyl (C=O) groups is 1. The summed E-state index contributed by atoms with van der Waals surface area (Å²) < 4.78 is 11.2. The van der Waals surface area contributed by atoms with Crippen molar-refractivity contribution < 1.29 is 39.8 Å². The normalized spacial score (nSPS) is 20.6. The van der Waals surface area contributed by atoms with Crippen molar-refractivity contribution in [3.05, 3.63) is 134 Å². The van der Waals surface area contributed by atoms with E-state index in [1.807, 2.05) is 6.08 Å². The molecule has 0 aromatic carbocycles. The number of carbonyl (C=O) groups excluding carboxylic acids is 1. The number of aliphatic hydroxyl groups is 5. The van der Waals surface area contributed by atoms with Crippen LogP contribution in [0.3, 0.4) is 0 Å². The molecule has 9 nitrogen and oxygen atoms in total. The number of allylic oxidation sites excluding steroid dienone is 21. The third kappa shape index (κ3) is 37.8. The van der Waals surface area contributed by atoms with Crippen molar-refractivity contribution in [2.75, 3.05) is 13.2 Å². The van der Waals surface area contributed by atoms with Gasteiger partial charge < -0.3 is 40.3 Å². The lowest BCUT2D eigenvalue weighted by atomic mass is 9.99. The first kappa shape index (κ1) is 63.3. The molecule has 0 bridgehead atoms. The maximum Gasteiger partial charge on any atom is 0.220 e. The van der Waals surface area contributed by atoms with Crippen molar-refractivity contribution in [1.82, 2.24) is 5.32 Å². The molecule has 9 heteroatoms. The van der Waals surface area contributed by atoms with Gasteiger partial charge in [-0.25, -0.2) is 0 Å². The van der Waals surface area contributed by atoms with Gasteiger partial charge in [0.1, 0.15) is 24.4 Å². The van der Waals surface area contributed by atoms with Gasteiger partial charge in [-0.2, -0.15) is 0 Å². The fourth-order valence-electron chi connectivity index (χ4n) is 7.48. The second-order valence-corrected chi connectivity index (χ2v) is 17.9. The van der Waals surface area contributed by atoms with Gasteiger partial charge in [0.05, 0.1) is 25.4 Å². The number of amides is 1. The Balaban J connectivity index is 2.28. The van der Waals surface area contributed by atoms with Crippen LogP contribution in [-0.4, -0.2) is 87.5 Å². The summed E-state index contributed by atoms with van der Waals surface area (Å²) in [6.07, 6.45) is 66.5. The number of aliphatic hydroxyl groups excluding tert-OH is 5. The second kappa shape index (κ2) is 48.0. The Morgan fingerprint density at radius 3 is 1.33 bits per heavy atom. The summed E-state index contributed by atoms with van der Waals surface area (Å²) in [7, 11) is 0. The van der Waals surface area contributed by atoms with Crippen molar-refractivity contribution in [3.63, 3.8) is 0 Å². The van der Waals surface area contributed by atoms with Crippen LogP contribution in [0.1, 0.15) is 181 Å². The monoisotopic (exact) mass is 960 g/mol. The molecule has 0 radical (unpaired) electrons. The Labute approximate surface area is 420 Å². The van der Waals surface area contributed by atoms with Crippen molar-refractivity contribution >= 4 is 5.91 Å². The highest BCUT2D eigenvalue weighted by Gasteiger charge is 2.44. The topological polar surface area (TPSA) is 149 Å². The van der Waals surface area contributed by atoms with Crippen LogP contribution in [0.5, 0.6) is 0 Å². The van der Waals surface area contributed by atoms with Gasteiger partial charge in [-0.05, 0) is 96.3 Å². The van der Waals surface area contributed by atoms with Crippen LogP contribution in [0.4, 0.5) is 0 Å². The quantitative estimate of drug-likeness (QED) is 0.0261. The van der Waals surface area contributed by atoms with E-state index in [2.05, 4.69) is 141 Å². The molecule has 0 spiro atoms. The van der Waals surface area contributed by atoms with Gasteiger partial charge in [0.25, 0.3) is 0 Å². The van der Waals surface area contributed by atoms with Gasteiger partial charge in [-0.3, -0.25) is 4.79 Å². The summed E-state index contributed by atoms with van der Waals surface area (Å²) in [6.45, 7) is 3.61. The molecule has 1 aliphatic rings. The first-order valence-electron chi connectivity index (χ1n) is 26.9. The van der Waals surface area contributed by atoms with E-state index < -0.39 is 49.5 Å². The predicted molar refractivity (Wildman–Crippen MR) is 290 cm³/mol. The number of unbranched alkanes of at least 4 members (excludes halogenated alkanes) is 13. The van der Waals surface area contributed by atoms with Crippen LogP contribution >= 0.6 is 0 Å². The highest BCUT2D eigenvalue weighted by Crippen LogP contribution is 2.22. The molecule has 1 rings (SSSR count).